The van der Waals surface area contributed by atoms with E-state index >= 15 is 0 Å². The van der Waals surface area contributed by atoms with Gasteiger partial charge < -0.3 is 22.9 Å². The fourth-order valence-electron chi connectivity index (χ4n) is 12.4. The van der Waals surface area contributed by atoms with Gasteiger partial charge in [-0.05, 0) is 81.5 Å². The predicted molar refractivity (Wildman–Crippen MR) is 363 cm³/mol. The third kappa shape index (κ3) is 10.9. The molecule has 0 saturated heterocycles. The summed E-state index contributed by atoms with van der Waals surface area (Å²) in [4.78, 5) is 42.4. The lowest BCUT2D eigenvalue weighted by molar-refractivity contribution is 0.325. The van der Waals surface area contributed by atoms with E-state index in [-0.39, 0.29) is 5.92 Å². The normalized spacial score (nSPS) is 14.1. The maximum atomic E-state index is 6.39. The molecule has 16 nitrogen and oxygen atoms in total. The minimum absolute atomic E-state index is 0.265. The average molecular weight is 1180 g/mol. The van der Waals surface area contributed by atoms with Gasteiger partial charge in [-0.2, -0.15) is 0 Å². The van der Waals surface area contributed by atoms with E-state index in [4.69, 9.17) is 52.8 Å². The molecule has 0 bridgehead atoms. The van der Waals surface area contributed by atoms with E-state index in [2.05, 4.69) is 161 Å². The first-order chi connectivity index (χ1) is 44.0. The van der Waals surface area contributed by atoms with Crippen LogP contribution in [0, 0.1) is 12.8 Å². The van der Waals surface area contributed by atoms with Crippen molar-refractivity contribution >= 4 is 66.7 Å². The van der Waals surface area contributed by atoms with Gasteiger partial charge >= 0.3 is 0 Å². The molecule has 1 aliphatic rings. The summed E-state index contributed by atoms with van der Waals surface area (Å²) in [6.45, 7) is 6.99. The Balaban J connectivity index is 0.000000119. The maximum Gasteiger partial charge on any atom is 0.150 e. The Morgan fingerprint density at radius 2 is 0.789 bits per heavy atom. The van der Waals surface area contributed by atoms with Crippen LogP contribution in [0.3, 0.4) is 0 Å². The van der Waals surface area contributed by atoms with Gasteiger partial charge in [-0.1, -0.05) is 159 Å². The number of imidazole rings is 3. The van der Waals surface area contributed by atoms with E-state index in [1.165, 1.54) is 0 Å². The Morgan fingerprint density at radius 3 is 1.22 bits per heavy atom. The van der Waals surface area contributed by atoms with Crippen LogP contribution in [0.2, 0.25) is 0 Å². The Hall–Kier alpha value is -11.2. The number of aromatic nitrogens is 12. The number of nitrogen functional groups attached to an aromatic ring is 3. The van der Waals surface area contributed by atoms with Crippen LogP contribution in [0.4, 0.5) is 17.5 Å². The molecule has 1 aliphatic carbocycles. The zero-order valence-electron chi connectivity index (χ0n) is 50.2. The number of hydrogen-bond acceptors (Lipinski definition) is 13. The summed E-state index contributed by atoms with van der Waals surface area (Å²) in [5.74, 6) is 5.65. The molecular formula is C74H66N16. The second-order valence-electron chi connectivity index (χ2n) is 23.3. The second kappa shape index (κ2) is 24.1. The molecule has 15 aromatic rings. The SMILES string of the molecule is CC(C)c1nc(-c2ccc3ccc(-c4ccccc4)nc3c2)c2c(N)nccn12.Cc1nc(-c2ccc3ccc(-c4ccccc4)nc3c2)c2c(N)nccn12.NCC1CCC(c2nc(-c3ccc4ccc(-c5ccccc5)nc4c3)c3c(N)nccn23)CC1. The third-order valence-electron chi connectivity index (χ3n) is 17.1. The van der Waals surface area contributed by atoms with Crippen molar-refractivity contribution in [2.75, 3.05) is 23.7 Å². The van der Waals surface area contributed by atoms with Crippen molar-refractivity contribution in [2.24, 2.45) is 11.7 Å². The summed E-state index contributed by atoms with van der Waals surface area (Å²) in [6.07, 6.45) is 15.4. The number of fused-ring (bicyclic) bond motifs is 6. The van der Waals surface area contributed by atoms with E-state index < -0.39 is 0 Å². The molecule has 8 N–H and O–H groups in total. The van der Waals surface area contributed by atoms with Crippen LogP contribution in [0.5, 0.6) is 0 Å². The van der Waals surface area contributed by atoms with Gasteiger partial charge in [-0.3, -0.25) is 13.2 Å². The van der Waals surface area contributed by atoms with Crippen molar-refractivity contribution in [3.63, 3.8) is 0 Å². The quantitative estimate of drug-likeness (QED) is 0.105. The van der Waals surface area contributed by atoms with Gasteiger partial charge in [0.2, 0.25) is 0 Å². The maximum absolute atomic E-state index is 6.39. The van der Waals surface area contributed by atoms with Gasteiger partial charge in [0.15, 0.2) is 0 Å². The summed E-state index contributed by atoms with van der Waals surface area (Å²) < 4.78 is 6.15. The molecule has 0 aliphatic heterocycles. The van der Waals surface area contributed by atoms with Crippen molar-refractivity contribution in [2.45, 2.75) is 58.3 Å². The second-order valence-corrected chi connectivity index (χ2v) is 23.3. The highest BCUT2D eigenvalue weighted by Gasteiger charge is 2.28. The van der Waals surface area contributed by atoms with Crippen LogP contribution in [0.15, 0.2) is 219 Å². The van der Waals surface area contributed by atoms with Crippen molar-refractivity contribution in [1.82, 2.24) is 58.1 Å². The Labute approximate surface area is 520 Å². The number of aryl methyl sites for hydroxylation is 1. The molecule has 0 amide bonds. The molecule has 442 valence electrons. The molecule has 6 aromatic carbocycles. The van der Waals surface area contributed by atoms with Crippen LogP contribution in [0.1, 0.15) is 68.8 Å². The number of anilines is 3. The molecule has 0 atom stereocenters. The van der Waals surface area contributed by atoms with Crippen molar-refractivity contribution in [1.29, 1.82) is 0 Å². The van der Waals surface area contributed by atoms with Crippen molar-refractivity contribution < 1.29 is 0 Å². The lowest BCUT2D eigenvalue weighted by Crippen LogP contribution is -2.21. The van der Waals surface area contributed by atoms with Gasteiger partial charge in [0, 0.05) is 98.6 Å². The van der Waals surface area contributed by atoms with Gasteiger partial charge in [0.1, 0.15) is 68.6 Å². The highest BCUT2D eigenvalue weighted by atomic mass is 15.1. The van der Waals surface area contributed by atoms with Crippen LogP contribution >= 0.6 is 0 Å². The monoisotopic (exact) mass is 1180 g/mol. The third-order valence-corrected chi connectivity index (χ3v) is 17.1. The molecule has 0 spiro atoms. The molecule has 1 saturated carbocycles. The minimum Gasteiger partial charge on any atom is -0.382 e. The van der Waals surface area contributed by atoms with Crippen LogP contribution in [-0.4, -0.2) is 64.6 Å². The highest BCUT2D eigenvalue weighted by Crippen LogP contribution is 2.40. The van der Waals surface area contributed by atoms with Crippen LogP contribution in [-0.2, 0) is 0 Å². The van der Waals surface area contributed by atoms with E-state index in [9.17, 15) is 0 Å². The summed E-state index contributed by atoms with van der Waals surface area (Å²) >= 11 is 0. The highest BCUT2D eigenvalue weighted by molar-refractivity contribution is 5.94. The molecule has 16 heteroatoms. The number of rotatable bonds is 9. The fourth-order valence-corrected chi connectivity index (χ4v) is 12.4. The molecule has 0 radical (unpaired) electrons. The smallest absolute Gasteiger partial charge is 0.150 e. The summed E-state index contributed by atoms with van der Waals surface area (Å²) in [5, 5.41) is 3.27. The number of benzene rings is 6. The first-order valence-corrected chi connectivity index (χ1v) is 30.5. The van der Waals surface area contributed by atoms with E-state index in [1.807, 2.05) is 88.9 Å². The number of hydrogen-bond donors (Lipinski definition) is 4. The van der Waals surface area contributed by atoms with E-state index in [0.29, 0.717) is 29.3 Å². The molecular weight excluding hydrogens is 1110 g/mol. The standard InChI is InChI=1S/C28H28N6.C24H21N5.C22H17N5/c29-17-18-6-8-21(9-7-18)28-33-25(26-27(30)31-14-15-34(26)28)22-11-10-20-12-13-23(32-24(20)16-22)19-4-2-1-3-5-19;1-15(2)24-28-21(22-23(25)26-12-13-29(22)24)18-9-8-17-10-11-19(27-20(17)14-18)16-6-4-3-5-7-16;1-14-25-20(21-22(23)24-11-12-27(14)21)17-8-7-16-9-10-18(26-19(16)13-17)15-5-3-2-4-6-15/h1-5,10-16,18,21H,6-9,17,29H2,(H2,30,31);3-15H,1-2H3,(H2,25,26);2-13H,1H3,(H2,23,24). The van der Waals surface area contributed by atoms with E-state index in [1.54, 1.807) is 18.6 Å². The lowest BCUT2D eigenvalue weighted by atomic mass is 9.81. The van der Waals surface area contributed by atoms with Crippen molar-refractivity contribution in [3.8, 4) is 67.5 Å². The lowest BCUT2D eigenvalue weighted by Gasteiger charge is -2.26. The molecule has 1 fully saturated rings. The minimum atomic E-state index is 0.265. The van der Waals surface area contributed by atoms with Crippen LogP contribution in [0.25, 0.3) is 117 Å². The zero-order valence-corrected chi connectivity index (χ0v) is 50.2. The Kier molecular flexibility index (Phi) is 15.2. The molecule has 9 heterocycles. The number of pyridine rings is 3. The summed E-state index contributed by atoms with van der Waals surface area (Å²) in [5.41, 5.74) is 41.7. The molecule has 0 unspecified atom stereocenters. The summed E-state index contributed by atoms with van der Waals surface area (Å²) in [7, 11) is 0. The number of nitrogens with zero attached hydrogens (tertiary/aromatic N) is 12. The van der Waals surface area contributed by atoms with Crippen LogP contribution < -0.4 is 22.9 Å². The first kappa shape index (κ1) is 56.6. The largest absolute Gasteiger partial charge is 0.382 e. The first-order valence-electron chi connectivity index (χ1n) is 30.5. The van der Waals surface area contributed by atoms with E-state index in [0.717, 1.165) is 167 Å². The van der Waals surface area contributed by atoms with Gasteiger partial charge in [0.25, 0.3) is 0 Å². The van der Waals surface area contributed by atoms with Gasteiger partial charge in [-0.15, -0.1) is 0 Å². The molecule has 90 heavy (non-hydrogen) atoms. The fraction of sp³-hybridized carbons (Fsp3) is 0.149. The summed E-state index contributed by atoms with van der Waals surface area (Å²) in [6, 6.07) is 61.9. The van der Waals surface area contributed by atoms with Crippen molar-refractivity contribution in [3.05, 3.63) is 237 Å². The average Bonchev–Trinajstić information content (AvgIpc) is 1.73. The topological polar surface area (TPSA) is 233 Å². The predicted octanol–water partition coefficient (Wildman–Crippen LogP) is 15.2. The Morgan fingerprint density at radius 1 is 0.411 bits per heavy atom. The van der Waals surface area contributed by atoms with Gasteiger partial charge in [-0.25, -0.2) is 44.9 Å². The molecule has 16 rings (SSSR count). The molecule has 9 aromatic heterocycles. The van der Waals surface area contributed by atoms with Gasteiger partial charge in [0.05, 0.1) is 33.6 Å². The number of nitrogens with two attached hydrogens (primary N) is 4. The Bertz CT molecular complexity index is 5110. The zero-order chi connectivity index (χ0) is 61.4.